The maximum atomic E-state index is 11.4. The average molecular weight is 258 g/mol. The van der Waals surface area contributed by atoms with Crippen LogP contribution in [0.5, 0.6) is 0 Å². The third-order valence-electron chi connectivity index (χ3n) is 2.74. The molecule has 0 unspecified atom stereocenters. The van der Waals surface area contributed by atoms with Crippen molar-refractivity contribution in [1.29, 1.82) is 0 Å². The summed E-state index contributed by atoms with van der Waals surface area (Å²) in [6.45, 7) is 0.515. The fourth-order valence-corrected chi connectivity index (χ4v) is 1.46. The number of hydrogen-bond donors (Lipinski definition) is 3. The summed E-state index contributed by atoms with van der Waals surface area (Å²) in [4.78, 5) is 33.2. The van der Waals surface area contributed by atoms with E-state index in [9.17, 15) is 14.4 Å². The molecule has 1 aliphatic carbocycles. The normalized spacial score (nSPS) is 15.6. The van der Waals surface area contributed by atoms with Gasteiger partial charge in [-0.15, -0.1) is 0 Å². The van der Waals surface area contributed by atoms with Crippen molar-refractivity contribution in [2.75, 3.05) is 13.7 Å². The molecule has 0 aromatic heterocycles. The Morgan fingerprint density at radius 1 is 1.39 bits per heavy atom. The Labute approximate surface area is 105 Å². The number of amides is 2. The lowest BCUT2D eigenvalue weighted by molar-refractivity contribution is -0.147. The number of nitrogens with one attached hydrogen (secondary N) is 2. The fraction of sp³-hybridized carbons (Fsp3) is 0.727. The number of ether oxygens (including phenoxy) is 1. The molecule has 102 valence electrons. The summed E-state index contributed by atoms with van der Waals surface area (Å²) in [5, 5.41) is 13.6. The Kier molecular flexibility index (Phi) is 5.41. The molecule has 7 heteroatoms. The molecule has 1 rings (SSSR count). The molecule has 2 amide bonds. The van der Waals surface area contributed by atoms with Crippen LogP contribution in [0.3, 0.4) is 0 Å². The van der Waals surface area contributed by atoms with Crippen molar-refractivity contribution in [3.05, 3.63) is 0 Å². The van der Waals surface area contributed by atoms with Crippen molar-refractivity contribution in [2.45, 2.75) is 31.7 Å². The lowest BCUT2D eigenvalue weighted by atomic mass is 10.2. The molecule has 0 aromatic rings. The zero-order valence-corrected chi connectivity index (χ0v) is 10.3. The third kappa shape index (κ3) is 5.51. The molecule has 1 saturated carbocycles. The molecule has 1 aliphatic rings. The summed E-state index contributed by atoms with van der Waals surface area (Å²) in [5.41, 5.74) is 0. The summed E-state index contributed by atoms with van der Waals surface area (Å²) in [6.07, 6.45) is 2.91. The van der Waals surface area contributed by atoms with Crippen molar-refractivity contribution in [1.82, 2.24) is 10.6 Å². The van der Waals surface area contributed by atoms with E-state index in [0.717, 1.165) is 13.5 Å². The Balaban J connectivity index is 2.27. The topological polar surface area (TPSA) is 105 Å². The van der Waals surface area contributed by atoms with Crippen LogP contribution in [0.1, 0.15) is 25.7 Å². The van der Waals surface area contributed by atoms with Crippen LogP contribution in [-0.4, -0.2) is 42.8 Å². The van der Waals surface area contributed by atoms with Gasteiger partial charge in [-0.25, -0.2) is 9.59 Å². The highest BCUT2D eigenvalue weighted by molar-refractivity contribution is 5.86. The predicted molar refractivity (Wildman–Crippen MR) is 61.9 cm³/mol. The summed E-state index contributed by atoms with van der Waals surface area (Å²) in [6, 6.07) is -1.84. The van der Waals surface area contributed by atoms with E-state index in [0.29, 0.717) is 12.5 Å². The first-order valence-electron chi connectivity index (χ1n) is 5.87. The van der Waals surface area contributed by atoms with Gasteiger partial charge in [0, 0.05) is 6.54 Å². The van der Waals surface area contributed by atoms with Crippen molar-refractivity contribution >= 4 is 18.0 Å². The van der Waals surface area contributed by atoms with Gasteiger partial charge in [0.2, 0.25) is 0 Å². The van der Waals surface area contributed by atoms with E-state index in [-0.39, 0.29) is 6.42 Å². The number of carbonyl (C=O) groups is 3. The number of urea groups is 1. The van der Waals surface area contributed by atoms with Crippen LogP contribution < -0.4 is 10.6 Å². The second kappa shape index (κ2) is 6.83. The second-order valence-corrected chi connectivity index (χ2v) is 4.30. The number of hydrogen-bond acceptors (Lipinski definition) is 4. The van der Waals surface area contributed by atoms with Gasteiger partial charge >= 0.3 is 18.0 Å². The molecule has 0 aliphatic heterocycles. The lowest BCUT2D eigenvalue weighted by Crippen LogP contribution is -2.47. The van der Waals surface area contributed by atoms with E-state index >= 15 is 0 Å². The molecule has 0 aromatic carbocycles. The molecule has 0 saturated heterocycles. The van der Waals surface area contributed by atoms with E-state index in [1.807, 2.05) is 0 Å². The van der Waals surface area contributed by atoms with Crippen molar-refractivity contribution in [2.24, 2.45) is 5.92 Å². The van der Waals surface area contributed by atoms with Crippen LogP contribution in [0.4, 0.5) is 4.79 Å². The summed E-state index contributed by atoms with van der Waals surface area (Å²) in [7, 11) is 1.16. The second-order valence-electron chi connectivity index (χ2n) is 4.30. The molecule has 3 N–H and O–H groups in total. The monoisotopic (exact) mass is 258 g/mol. The molecule has 7 nitrogen and oxygen atoms in total. The molecule has 0 heterocycles. The highest BCUT2D eigenvalue weighted by Gasteiger charge is 2.24. The fourth-order valence-electron chi connectivity index (χ4n) is 1.46. The summed E-state index contributed by atoms with van der Waals surface area (Å²) >= 11 is 0. The predicted octanol–water partition coefficient (Wildman–Crippen LogP) is 0.102. The van der Waals surface area contributed by atoms with Crippen LogP contribution in [0.15, 0.2) is 0 Å². The quantitative estimate of drug-likeness (QED) is 0.562. The van der Waals surface area contributed by atoms with Crippen LogP contribution in [0.25, 0.3) is 0 Å². The van der Waals surface area contributed by atoms with Crippen molar-refractivity contribution < 1.29 is 24.2 Å². The maximum absolute atomic E-state index is 11.4. The first-order valence-corrected chi connectivity index (χ1v) is 5.87. The molecule has 0 radical (unpaired) electrons. The van der Waals surface area contributed by atoms with Gasteiger partial charge in [0.05, 0.1) is 13.5 Å². The van der Waals surface area contributed by atoms with E-state index in [1.165, 1.54) is 12.8 Å². The number of esters is 1. The molecular weight excluding hydrogens is 240 g/mol. The van der Waals surface area contributed by atoms with E-state index in [2.05, 4.69) is 15.4 Å². The largest absolute Gasteiger partial charge is 0.480 e. The van der Waals surface area contributed by atoms with E-state index in [4.69, 9.17) is 5.11 Å². The Morgan fingerprint density at radius 2 is 2.06 bits per heavy atom. The zero-order valence-electron chi connectivity index (χ0n) is 10.3. The molecule has 1 fully saturated rings. The van der Waals surface area contributed by atoms with Crippen LogP contribution in [0, 0.1) is 5.92 Å². The van der Waals surface area contributed by atoms with Gasteiger partial charge in [-0.3, -0.25) is 4.79 Å². The summed E-state index contributed by atoms with van der Waals surface area (Å²) in [5.74, 6) is -1.26. The number of methoxy groups -OCH3 is 1. The van der Waals surface area contributed by atoms with Crippen LogP contribution in [-0.2, 0) is 14.3 Å². The van der Waals surface area contributed by atoms with Gasteiger partial charge in [0.15, 0.2) is 0 Å². The Morgan fingerprint density at radius 3 is 2.56 bits per heavy atom. The molecule has 1 atom stereocenters. The van der Waals surface area contributed by atoms with Gasteiger partial charge < -0.3 is 20.5 Å². The number of carboxylic acids is 1. The minimum absolute atomic E-state index is 0.387. The Bertz CT molecular complexity index is 327. The van der Waals surface area contributed by atoms with E-state index < -0.39 is 24.0 Å². The minimum atomic E-state index is -1.27. The van der Waals surface area contributed by atoms with Gasteiger partial charge in [0.1, 0.15) is 6.04 Å². The number of carboxylic acid groups (broad SMARTS) is 1. The number of aliphatic carboxylic acids is 1. The van der Waals surface area contributed by atoms with Crippen LogP contribution in [0.2, 0.25) is 0 Å². The standard InChI is InChI=1S/C11H18N2O5/c1-18-9(14)6-8(10(15)16)13-11(17)12-5-4-7-2-3-7/h7-8H,2-6H2,1H3,(H,15,16)(H2,12,13,17)/t8-/m0/s1. The number of carbonyl (C=O) groups excluding carboxylic acids is 2. The Hall–Kier alpha value is -1.79. The van der Waals surface area contributed by atoms with Crippen molar-refractivity contribution in [3.8, 4) is 0 Å². The average Bonchev–Trinajstić information content (AvgIpc) is 3.11. The van der Waals surface area contributed by atoms with Crippen LogP contribution >= 0.6 is 0 Å². The highest BCUT2D eigenvalue weighted by atomic mass is 16.5. The van der Waals surface area contributed by atoms with E-state index in [1.54, 1.807) is 0 Å². The smallest absolute Gasteiger partial charge is 0.326 e. The molecular formula is C11H18N2O5. The first-order chi connectivity index (χ1) is 8.52. The summed E-state index contributed by atoms with van der Waals surface area (Å²) < 4.78 is 4.36. The van der Waals surface area contributed by atoms with Gasteiger partial charge in [-0.1, -0.05) is 12.8 Å². The maximum Gasteiger partial charge on any atom is 0.326 e. The van der Waals surface area contributed by atoms with Gasteiger partial charge in [0.25, 0.3) is 0 Å². The molecule has 0 bridgehead atoms. The molecule has 18 heavy (non-hydrogen) atoms. The highest BCUT2D eigenvalue weighted by Crippen LogP contribution is 2.31. The molecule has 0 spiro atoms. The first kappa shape index (κ1) is 14.3. The third-order valence-corrected chi connectivity index (χ3v) is 2.74. The lowest BCUT2D eigenvalue weighted by Gasteiger charge is -2.13. The SMILES string of the molecule is COC(=O)C[C@H](NC(=O)NCCC1CC1)C(=O)O. The van der Waals surface area contributed by atoms with Crippen molar-refractivity contribution in [3.63, 3.8) is 0 Å². The van der Waals surface area contributed by atoms with Gasteiger partial charge in [-0.2, -0.15) is 0 Å². The number of rotatable bonds is 7. The van der Waals surface area contributed by atoms with Gasteiger partial charge in [-0.05, 0) is 12.3 Å². The minimum Gasteiger partial charge on any atom is -0.480 e. The zero-order chi connectivity index (χ0) is 13.5.